The summed E-state index contributed by atoms with van der Waals surface area (Å²) in [4.78, 5) is 23.6. The molecule has 3 aromatic rings. The fraction of sp³-hybridized carbons (Fsp3) is 0.100. The minimum atomic E-state index is -0.385. The first-order valence-corrected chi connectivity index (χ1v) is 8.23. The molecule has 0 aliphatic heterocycles. The number of methoxy groups -OCH3 is 1. The van der Waals surface area contributed by atoms with Gasteiger partial charge < -0.3 is 15.4 Å². The minimum Gasteiger partial charge on any atom is -0.495 e. The van der Waals surface area contributed by atoms with Crippen LogP contribution in [0.3, 0.4) is 0 Å². The van der Waals surface area contributed by atoms with Gasteiger partial charge >= 0.3 is 0 Å². The van der Waals surface area contributed by atoms with Crippen LogP contribution in [0.15, 0.2) is 60.7 Å². The predicted molar refractivity (Wildman–Crippen MR) is 103 cm³/mol. The number of nitrogens with zero attached hydrogens (tertiary/aromatic N) is 2. The lowest BCUT2D eigenvalue weighted by Gasteiger charge is -2.09. The van der Waals surface area contributed by atoms with Gasteiger partial charge in [0.2, 0.25) is 0 Å². The maximum Gasteiger partial charge on any atom is 0.276 e. The number of ketones is 1. The number of hydrogen-bond donors (Lipinski definition) is 2. The van der Waals surface area contributed by atoms with Crippen LogP contribution in [-0.4, -0.2) is 29.0 Å². The summed E-state index contributed by atoms with van der Waals surface area (Å²) in [5, 5.41) is 13.8. The summed E-state index contributed by atoms with van der Waals surface area (Å²) in [6, 6.07) is 17.4. The smallest absolute Gasteiger partial charge is 0.276 e. The minimum absolute atomic E-state index is 0.00625. The molecule has 2 N–H and O–H groups in total. The van der Waals surface area contributed by atoms with Gasteiger partial charge in [0.25, 0.3) is 5.91 Å². The molecule has 27 heavy (non-hydrogen) atoms. The number of rotatable bonds is 6. The van der Waals surface area contributed by atoms with E-state index in [1.165, 1.54) is 14.0 Å². The number of aromatic nitrogens is 2. The van der Waals surface area contributed by atoms with Gasteiger partial charge in [0, 0.05) is 11.3 Å². The van der Waals surface area contributed by atoms with Crippen LogP contribution >= 0.6 is 0 Å². The van der Waals surface area contributed by atoms with Crippen LogP contribution in [0.5, 0.6) is 5.75 Å². The van der Waals surface area contributed by atoms with Crippen LogP contribution < -0.4 is 15.4 Å². The fourth-order valence-corrected chi connectivity index (χ4v) is 2.39. The molecule has 0 aliphatic carbocycles. The van der Waals surface area contributed by atoms with Crippen molar-refractivity contribution in [2.75, 3.05) is 17.7 Å². The highest BCUT2D eigenvalue weighted by atomic mass is 16.5. The number of carbonyl (C=O) groups excluding carboxylic acids is 2. The molecule has 3 rings (SSSR count). The number of anilines is 3. The Balaban J connectivity index is 1.67. The largest absolute Gasteiger partial charge is 0.495 e. The van der Waals surface area contributed by atoms with E-state index in [9.17, 15) is 9.59 Å². The standard InChI is InChI=1S/C20H18N4O3/c1-13(25)14-7-9-15(10-8-14)21-19-12-11-17(23-24-19)20(26)22-16-5-3-4-6-18(16)27-2/h3-12H,1-2H3,(H,21,24)(H,22,26). The molecule has 136 valence electrons. The summed E-state index contributed by atoms with van der Waals surface area (Å²) in [6.45, 7) is 1.52. The summed E-state index contributed by atoms with van der Waals surface area (Å²) in [6.07, 6.45) is 0. The highest BCUT2D eigenvalue weighted by Gasteiger charge is 2.11. The second kappa shape index (κ2) is 8.09. The number of benzene rings is 2. The monoisotopic (exact) mass is 362 g/mol. The third-order valence-electron chi connectivity index (χ3n) is 3.82. The quantitative estimate of drug-likeness (QED) is 0.650. The number of nitrogens with one attached hydrogen (secondary N) is 2. The van der Waals surface area contributed by atoms with E-state index in [1.54, 1.807) is 54.6 Å². The summed E-state index contributed by atoms with van der Waals surface area (Å²) in [7, 11) is 1.54. The molecule has 0 bridgehead atoms. The maximum absolute atomic E-state index is 12.3. The molecule has 7 nitrogen and oxygen atoms in total. The van der Waals surface area contributed by atoms with E-state index in [-0.39, 0.29) is 17.4 Å². The van der Waals surface area contributed by atoms with E-state index in [0.717, 1.165) is 5.69 Å². The summed E-state index contributed by atoms with van der Waals surface area (Å²) < 4.78 is 5.21. The van der Waals surface area contributed by atoms with Gasteiger partial charge in [-0.05, 0) is 55.5 Å². The highest BCUT2D eigenvalue weighted by molar-refractivity contribution is 6.03. The van der Waals surface area contributed by atoms with Crippen molar-refractivity contribution in [3.05, 3.63) is 71.9 Å². The lowest BCUT2D eigenvalue weighted by molar-refractivity contribution is 0.101. The van der Waals surface area contributed by atoms with Crippen LogP contribution in [0.1, 0.15) is 27.8 Å². The Morgan fingerprint density at radius 1 is 0.926 bits per heavy atom. The Morgan fingerprint density at radius 2 is 1.67 bits per heavy atom. The number of para-hydroxylation sites is 2. The Hall–Kier alpha value is -3.74. The van der Waals surface area contributed by atoms with Crippen molar-refractivity contribution < 1.29 is 14.3 Å². The van der Waals surface area contributed by atoms with Crippen molar-refractivity contribution in [2.45, 2.75) is 6.92 Å². The van der Waals surface area contributed by atoms with Crippen LogP contribution in [0.4, 0.5) is 17.2 Å². The van der Waals surface area contributed by atoms with Crippen molar-refractivity contribution in [1.29, 1.82) is 0 Å². The molecule has 0 fully saturated rings. The molecule has 1 amide bonds. The molecule has 0 radical (unpaired) electrons. The van der Waals surface area contributed by atoms with E-state index in [4.69, 9.17) is 4.74 Å². The van der Waals surface area contributed by atoms with Crippen molar-refractivity contribution >= 4 is 28.9 Å². The van der Waals surface area contributed by atoms with Gasteiger partial charge in [-0.1, -0.05) is 12.1 Å². The molecular weight excluding hydrogens is 344 g/mol. The van der Waals surface area contributed by atoms with E-state index in [2.05, 4.69) is 20.8 Å². The van der Waals surface area contributed by atoms with Gasteiger partial charge in [0.1, 0.15) is 5.75 Å². The van der Waals surface area contributed by atoms with Gasteiger partial charge in [-0.3, -0.25) is 9.59 Å². The van der Waals surface area contributed by atoms with Gasteiger partial charge in [-0.15, -0.1) is 10.2 Å². The number of hydrogen-bond acceptors (Lipinski definition) is 6. The average molecular weight is 362 g/mol. The van der Waals surface area contributed by atoms with Gasteiger partial charge in [-0.2, -0.15) is 0 Å². The van der Waals surface area contributed by atoms with E-state index < -0.39 is 0 Å². The lowest BCUT2D eigenvalue weighted by atomic mass is 10.1. The first-order valence-electron chi connectivity index (χ1n) is 8.23. The van der Waals surface area contributed by atoms with Crippen LogP contribution in [-0.2, 0) is 0 Å². The molecule has 7 heteroatoms. The SMILES string of the molecule is COc1ccccc1NC(=O)c1ccc(Nc2ccc(C(C)=O)cc2)nn1. The van der Waals surface area contributed by atoms with Crippen molar-refractivity contribution in [1.82, 2.24) is 10.2 Å². The van der Waals surface area contributed by atoms with Gasteiger partial charge in [-0.25, -0.2) is 0 Å². The second-order valence-electron chi connectivity index (χ2n) is 5.72. The molecule has 1 aromatic heterocycles. The predicted octanol–water partition coefficient (Wildman–Crippen LogP) is 3.68. The summed E-state index contributed by atoms with van der Waals surface area (Å²) in [5.74, 6) is 0.668. The van der Waals surface area contributed by atoms with Crippen molar-refractivity contribution in [3.63, 3.8) is 0 Å². The van der Waals surface area contributed by atoms with Gasteiger partial charge in [0.15, 0.2) is 17.3 Å². The van der Waals surface area contributed by atoms with Crippen molar-refractivity contribution in [2.24, 2.45) is 0 Å². The molecule has 1 heterocycles. The molecule has 0 spiro atoms. The zero-order chi connectivity index (χ0) is 19.2. The molecule has 0 saturated heterocycles. The molecular formula is C20H18N4O3. The van der Waals surface area contributed by atoms with Crippen molar-refractivity contribution in [3.8, 4) is 5.75 Å². The Morgan fingerprint density at radius 3 is 2.30 bits per heavy atom. The summed E-state index contributed by atoms with van der Waals surface area (Å²) in [5.41, 5.74) is 2.13. The Kier molecular flexibility index (Phi) is 5.41. The molecule has 0 atom stereocenters. The molecule has 0 unspecified atom stereocenters. The van der Waals surface area contributed by atoms with E-state index >= 15 is 0 Å². The lowest BCUT2D eigenvalue weighted by Crippen LogP contribution is -2.15. The van der Waals surface area contributed by atoms with Crippen LogP contribution in [0.2, 0.25) is 0 Å². The normalized spacial score (nSPS) is 10.1. The zero-order valence-electron chi connectivity index (χ0n) is 14.9. The number of amides is 1. The first-order chi connectivity index (χ1) is 13.1. The number of Topliss-reactive ketones (excluding diaryl/α,β-unsaturated/α-hetero) is 1. The van der Waals surface area contributed by atoms with E-state index in [1.807, 2.05) is 6.07 Å². The molecule has 2 aromatic carbocycles. The second-order valence-corrected chi connectivity index (χ2v) is 5.72. The average Bonchev–Trinajstić information content (AvgIpc) is 2.69. The first kappa shape index (κ1) is 18.1. The topological polar surface area (TPSA) is 93.2 Å². The summed E-state index contributed by atoms with van der Waals surface area (Å²) >= 11 is 0. The molecule has 0 aliphatic rings. The third-order valence-corrected chi connectivity index (χ3v) is 3.82. The van der Waals surface area contributed by atoms with Gasteiger partial charge in [0.05, 0.1) is 12.8 Å². The Labute approximate surface area is 156 Å². The van der Waals surface area contributed by atoms with E-state index in [0.29, 0.717) is 22.8 Å². The third kappa shape index (κ3) is 4.46. The number of carbonyl (C=O) groups is 2. The van der Waals surface area contributed by atoms with Crippen LogP contribution in [0.25, 0.3) is 0 Å². The Bertz CT molecular complexity index is 954. The zero-order valence-corrected chi connectivity index (χ0v) is 14.9. The van der Waals surface area contributed by atoms with Crippen LogP contribution in [0, 0.1) is 0 Å². The maximum atomic E-state index is 12.3. The highest BCUT2D eigenvalue weighted by Crippen LogP contribution is 2.23. The number of ether oxygens (including phenoxy) is 1. The fourth-order valence-electron chi connectivity index (χ4n) is 2.39. The molecule has 0 saturated carbocycles.